The maximum atomic E-state index is 11.0. The molecule has 1 atom stereocenters. The van der Waals surface area contributed by atoms with Gasteiger partial charge in [0.25, 0.3) is 0 Å². The predicted octanol–water partition coefficient (Wildman–Crippen LogP) is 0.0875. The van der Waals surface area contributed by atoms with Gasteiger partial charge in [-0.3, -0.25) is 10.1 Å². The Hall–Kier alpha value is -0.810. The highest BCUT2D eigenvalue weighted by Crippen LogP contribution is 2.10. The predicted molar refractivity (Wildman–Crippen MR) is 51.2 cm³/mol. The van der Waals surface area contributed by atoms with Crippen LogP contribution < -0.4 is 10.6 Å². The molecule has 14 heavy (non-hydrogen) atoms. The zero-order chi connectivity index (χ0) is 10.4. The third kappa shape index (κ3) is 3.93. The van der Waals surface area contributed by atoms with Gasteiger partial charge in [0.2, 0.25) is 5.91 Å². The molecule has 1 unspecified atom stereocenters. The van der Waals surface area contributed by atoms with E-state index in [4.69, 9.17) is 16.3 Å². The Morgan fingerprint density at radius 3 is 2.86 bits per heavy atom. The fraction of sp³-hybridized carbons (Fsp3) is 0.750. The number of amides is 3. The lowest BCUT2D eigenvalue weighted by atomic mass is 10.1. The van der Waals surface area contributed by atoms with Crippen molar-refractivity contribution in [2.45, 2.75) is 6.42 Å². The molecular formula is C8H13ClN2O3. The van der Waals surface area contributed by atoms with Crippen LogP contribution in [-0.2, 0) is 9.53 Å². The number of carbonyl (C=O) groups excluding carboxylic acids is 2. The van der Waals surface area contributed by atoms with E-state index in [1.165, 1.54) is 0 Å². The summed E-state index contributed by atoms with van der Waals surface area (Å²) in [5, 5.41) is 4.67. The smallest absolute Gasteiger partial charge is 0.321 e. The molecule has 0 aromatic rings. The summed E-state index contributed by atoms with van der Waals surface area (Å²) in [5.74, 6) is -0.348. The van der Waals surface area contributed by atoms with Crippen molar-refractivity contribution in [1.82, 2.24) is 10.6 Å². The van der Waals surface area contributed by atoms with Gasteiger partial charge in [-0.1, -0.05) is 0 Å². The molecule has 0 aromatic carbocycles. The second-order valence-electron chi connectivity index (χ2n) is 3.12. The van der Waals surface area contributed by atoms with Crippen molar-refractivity contribution < 1.29 is 14.3 Å². The molecule has 0 bridgehead atoms. The zero-order valence-corrected chi connectivity index (χ0v) is 8.47. The quantitative estimate of drug-likeness (QED) is 0.663. The van der Waals surface area contributed by atoms with E-state index >= 15 is 0 Å². The van der Waals surface area contributed by atoms with Crippen molar-refractivity contribution >= 4 is 23.5 Å². The van der Waals surface area contributed by atoms with Crippen molar-refractivity contribution in [1.29, 1.82) is 0 Å². The number of alkyl halides is 1. The molecule has 80 valence electrons. The van der Waals surface area contributed by atoms with E-state index < -0.39 is 11.9 Å². The summed E-state index contributed by atoms with van der Waals surface area (Å²) in [7, 11) is 0. The lowest BCUT2D eigenvalue weighted by Crippen LogP contribution is -2.42. The van der Waals surface area contributed by atoms with E-state index in [1.54, 1.807) is 0 Å². The van der Waals surface area contributed by atoms with Crippen LogP contribution in [0.25, 0.3) is 0 Å². The number of carbonyl (C=O) groups is 2. The van der Waals surface area contributed by atoms with Crippen LogP contribution in [-0.4, -0.2) is 37.6 Å². The van der Waals surface area contributed by atoms with Gasteiger partial charge in [0.15, 0.2) is 0 Å². The fourth-order valence-electron chi connectivity index (χ4n) is 1.19. The number of ether oxygens (including phenoxy) is 1. The lowest BCUT2D eigenvalue weighted by molar-refractivity contribution is -0.117. The summed E-state index contributed by atoms with van der Waals surface area (Å²) in [6.07, 6.45) is 0.948. The summed E-state index contributed by atoms with van der Waals surface area (Å²) in [6, 6.07) is -0.498. The molecule has 0 saturated carbocycles. The van der Waals surface area contributed by atoms with Gasteiger partial charge in [0, 0.05) is 19.1 Å². The Balaban J connectivity index is 2.11. The first-order chi connectivity index (χ1) is 6.72. The van der Waals surface area contributed by atoms with E-state index in [1.807, 2.05) is 0 Å². The first-order valence-electron chi connectivity index (χ1n) is 4.43. The van der Waals surface area contributed by atoms with Crippen molar-refractivity contribution in [2.75, 3.05) is 25.6 Å². The van der Waals surface area contributed by atoms with Gasteiger partial charge in [-0.2, -0.15) is 0 Å². The molecule has 6 heteroatoms. The van der Waals surface area contributed by atoms with Crippen LogP contribution in [0.3, 0.4) is 0 Å². The van der Waals surface area contributed by atoms with Crippen molar-refractivity contribution in [3.63, 3.8) is 0 Å². The van der Waals surface area contributed by atoms with Gasteiger partial charge in [-0.05, 0) is 6.42 Å². The van der Waals surface area contributed by atoms with Gasteiger partial charge in [0.1, 0.15) is 5.88 Å². The van der Waals surface area contributed by atoms with E-state index in [9.17, 15) is 9.59 Å². The topological polar surface area (TPSA) is 67.4 Å². The van der Waals surface area contributed by atoms with Gasteiger partial charge in [0.05, 0.1) is 6.61 Å². The molecule has 0 aliphatic carbocycles. The highest BCUT2D eigenvalue weighted by atomic mass is 35.5. The number of hydrogen-bond donors (Lipinski definition) is 2. The number of rotatable bonds is 3. The molecular weight excluding hydrogens is 208 g/mol. The lowest BCUT2D eigenvalue weighted by Gasteiger charge is -2.09. The monoisotopic (exact) mass is 220 g/mol. The third-order valence-corrected chi connectivity index (χ3v) is 2.19. The molecule has 1 rings (SSSR count). The van der Waals surface area contributed by atoms with E-state index in [0.29, 0.717) is 19.1 Å². The molecule has 5 nitrogen and oxygen atoms in total. The molecule has 3 amide bonds. The molecule has 1 aliphatic heterocycles. The third-order valence-electron chi connectivity index (χ3n) is 1.95. The van der Waals surface area contributed by atoms with Crippen LogP contribution in [0.4, 0.5) is 4.79 Å². The minimum atomic E-state index is -0.498. The van der Waals surface area contributed by atoms with Crippen LogP contribution in [0, 0.1) is 5.92 Å². The molecule has 2 N–H and O–H groups in total. The number of hydrogen-bond acceptors (Lipinski definition) is 3. The Morgan fingerprint density at radius 2 is 2.29 bits per heavy atom. The highest BCUT2D eigenvalue weighted by Gasteiger charge is 2.16. The molecule has 0 aromatic heterocycles. The van der Waals surface area contributed by atoms with Crippen LogP contribution in [0.5, 0.6) is 0 Å². The first-order valence-corrected chi connectivity index (χ1v) is 4.97. The van der Waals surface area contributed by atoms with Crippen molar-refractivity contribution in [3.05, 3.63) is 0 Å². The minimum absolute atomic E-state index is 0.208. The summed E-state index contributed by atoms with van der Waals surface area (Å²) in [4.78, 5) is 21.7. The second kappa shape index (κ2) is 5.82. The average Bonchev–Trinajstić information content (AvgIpc) is 2.67. The van der Waals surface area contributed by atoms with Crippen LogP contribution in [0.1, 0.15) is 6.42 Å². The number of imide groups is 1. The zero-order valence-electron chi connectivity index (χ0n) is 7.72. The normalized spacial score (nSPS) is 20.5. The molecule has 1 fully saturated rings. The standard InChI is InChI=1S/C8H13ClN2O3/c9-3-7(12)11-8(13)10-4-6-1-2-14-5-6/h6H,1-5H2,(H2,10,11,12,13). The van der Waals surface area contributed by atoms with E-state index in [2.05, 4.69) is 10.6 Å². The van der Waals surface area contributed by atoms with Crippen LogP contribution >= 0.6 is 11.6 Å². The molecule has 1 saturated heterocycles. The van der Waals surface area contributed by atoms with Gasteiger partial charge in [-0.25, -0.2) is 4.79 Å². The SMILES string of the molecule is O=C(CCl)NC(=O)NCC1CCOC1. The second-order valence-corrected chi connectivity index (χ2v) is 3.39. The Morgan fingerprint density at radius 1 is 1.50 bits per heavy atom. The molecule has 0 radical (unpaired) electrons. The largest absolute Gasteiger partial charge is 0.381 e. The average molecular weight is 221 g/mol. The molecule has 1 heterocycles. The summed E-state index contributed by atoms with van der Waals surface area (Å²) >= 11 is 5.21. The summed E-state index contributed by atoms with van der Waals surface area (Å²) in [5.41, 5.74) is 0. The minimum Gasteiger partial charge on any atom is -0.381 e. The number of urea groups is 1. The molecule has 1 aliphatic rings. The van der Waals surface area contributed by atoms with Crippen LogP contribution in [0.2, 0.25) is 0 Å². The van der Waals surface area contributed by atoms with Gasteiger partial charge in [-0.15, -0.1) is 11.6 Å². The Bertz CT molecular complexity index is 217. The van der Waals surface area contributed by atoms with Gasteiger partial charge < -0.3 is 10.1 Å². The Labute approximate surface area is 87.1 Å². The van der Waals surface area contributed by atoms with Gasteiger partial charge >= 0.3 is 6.03 Å². The highest BCUT2D eigenvalue weighted by molar-refractivity contribution is 6.28. The first kappa shape index (κ1) is 11.3. The van der Waals surface area contributed by atoms with E-state index in [-0.39, 0.29) is 5.88 Å². The fourth-order valence-corrected chi connectivity index (χ4v) is 1.25. The maximum Gasteiger partial charge on any atom is 0.321 e. The molecule has 0 spiro atoms. The van der Waals surface area contributed by atoms with Crippen molar-refractivity contribution in [3.8, 4) is 0 Å². The summed E-state index contributed by atoms with van der Waals surface area (Å²) in [6.45, 7) is 1.94. The number of nitrogens with one attached hydrogen (secondary N) is 2. The van der Waals surface area contributed by atoms with E-state index in [0.717, 1.165) is 13.0 Å². The summed E-state index contributed by atoms with van der Waals surface area (Å²) < 4.78 is 5.13. The maximum absolute atomic E-state index is 11.0. The van der Waals surface area contributed by atoms with Crippen LogP contribution in [0.15, 0.2) is 0 Å². The Kier molecular flexibility index (Phi) is 4.69. The van der Waals surface area contributed by atoms with Crippen molar-refractivity contribution in [2.24, 2.45) is 5.92 Å². The number of halogens is 1.